The van der Waals surface area contributed by atoms with Crippen molar-refractivity contribution in [3.05, 3.63) is 84.1 Å². The molecular weight excluding hydrogens is 474 g/mol. The number of para-hydroxylation sites is 1. The number of nitrogen functional groups attached to an aromatic ring is 1. The normalized spacial score (nSPS) is 11.9. The van der Waals surface area contributed by atoms with Crippen LogP contribution >= 0.6 is 0 Å². The van der Waals surface area contributed by atoms with Gasteiger partial charge in [0, 0.05) is 23.0 Å². The number of nitrogens with one attached hydrogen (secondary N) is 2. The number of carbonyl (C=O) groups is 1. The van der Waals surface area contributed by atoms with Crippen LogP contribution in [0.15, 0.2) is 72.9 Å². The van der Waals surface area contributed by atoms with E-state index in [0.717, 1.165) is 10.9 Å². The Kier molecular flexibility index (Phi) is 6.01. The zero-order chi connectivity index (χ0) is 25.4. The molecule has 35 heavy (non-hydrogen) atoms. The molecule has 4 rings (SSSR count). The molecule has 2 amide bonds. The van der Waals surface area contributed by atoms with Gasteiger partial charge in [-0.1, -0.05) is 24.3 Å². The molecular formula is C24H16F6N4O. The van der Waals surface area contributed by atoms with Gasteiger partial charge in [0.2, 0.25) is 0 Å². The van der Waals surface area contributed by atoms with E-state index in [4.69, 9.17) is 5.73 Å². The molecule has 1 aromatic heterocycles. The van der Waals surface area contributed by atoms with Crippen molar-refractivity contribution in [2.24, 2.45) is 0 Å². The number of urea groups is 1. The predicted octanol–water partition coefficient (Wildman–Crippen LogP) is 7.17. The first-order chi connectivity index (χ1) is 16.4. The number of benzene rings is 3. The molecule has 0 unspecified atom stereocenters. The van der Waals surface area contributed by atoms with Gasteiger partial charge in [0.1, 0.15) is 0 Å². The van der Waals surface area contributed by atoms with Crippen LogP contribution in [0.5, 0.6) is 0 Å². The molecule has 3 aromatic carbocycles. The summed E-state index contributed by atoms with van der Waals surface area (Å²) in [5.74, 6) is 0. The zero-order valence-electron chi connectivity index (χ0n) is 17.6. The van der Waals surface area contributed by atoms with Crippen molar-refractivity contribution in [1.82, 2.24) is 4.98 Å². The number of alkyl halides is 6. The molecule has 4 N–H and O–H groups in total. The quantitative estimate of drug-likeness (QED) is 0.211. The van der Waals surface area contributed by atoms with Crippen LogP contribution in [0.3, 0.4) is 0 Å². The second kappa shape index (κ2) is 8.82. The van der Waals surface area contributed by atoms with Gasteiger partial charge in [-0.05, 0) is 53.6 Å². The van der Waals surface area contributed by atoms with E-state index in [-0.39, 0.29) is 11.8 Å². The van der Waals surface area contributed by atoms with E-state index in [1.807, 2.05) is 11.4 Å². The first kappa shape index (κ1) is 23.9. The van der Waals surface area contributed by atoms with Gasteiger partial charge in [0.25, 0.3) is 0 Å². The van der Waals surface area contributed by atoms with E-state index >= 15 is 0 Å². The van der Waals surface area contributed by atoms with Gasteiger partial charge in [-0.25, -0.2) is 4.79 Å². The number of amides is 2. The summed E-state index contributed by atoms with van der Waals surface area (Å²) in [6.07, 6.45) is -8.48. The molecule has 0 atom stereocenters. The van der Waals surface area contributed by atoms with E-state index in [0.29, 0.717) is 28.9 Å². The minimum Gasteiger partial charge on any atom is -0.397 e. The number of fused-ring (bicyclic) bond motifs is 1. The van der Waals surface area contributed by atoms with Crippen molar-refractivity contribution in [2.45, 2.75) is 12.4 Å². The number of rotatable bonds is 3. The van der Waals surface area contributed by atoms with Crippen molar-refractivity contribution in [3.63, 3.8) is 0 Å². The fraction of sp³-hybridized carbons (Fsp3) is 0.0833. The van der Waals surface area contributed by atoms with Crippen LogP contribution in [0.25, 0.3) is 22.0 Å². The van der Waals surface area contributed by atoms with Crippen LogP contribution in [-0.2, 0) is 12.4 Å². The maximum Gasteiger partial charge on any atom is 0.416 e. The average molecular weight is 490 g/mol. The monoisotopic (exact) mass is 490 g/mol. The van der Waals surface area contributed by atoms with Gasteiger partial charge in [-0.3, -0.25) is 4.98 Å². The molecule has 0 aliphatic rings. The van der Waals surface area contributed by atoms with Gasteiger partial charge in [-0.2, -0.15) is 26.3 Å². The number of nitrogens with two attached hydrogens (primary N) is 1. The lowest BCUT2D eigenvalue weighted by Crippen LogP contribution is -2.20. The summed E-state index contributed by atoms with van der Waals surface area (Å²) in [4.78, 5) is 16.7. The van der Waals surface area contributed by atoms with Crippen LogP contribution in [-0.4, -0.2) is 11.0 Å². The number of hydrogen-bond donors (Lipinski definition) is 3. The Morgan fingerprint density at radius 1 is 0.771 bits per heavy atom. The number of anilines is 3. The molecule has 5 nitrogen and oxygen atoms in total. The van der Waals surface area contributed by atoms with Crippen molar-refractivity contribution in [2.75, 3.05) is 16.4 Å². The molecule has 0 saturated carbocycles. The number of pyridine rings is 1. The summed E-state index contributed by atoms with van der Waals surface area (Å²) in [6.45, 7) is 0. The summed E-state index contributed by atoms with van der Waals surface area (Å²) < 4.78 is 78.3. The Morgan fingerprint density at radius 2 is 1.40 bits per heavy atom. The standard InChI is InChI=1S/C24H16F6N4O/c25-23(26,27)14-10-15(24(28,29)30)12-17(11-14)34-22(35)33-16-4-1-3-13(9-16)18-7-8-32-21-19(18)5-2-6-20(21)31/h1-12H,31H2,(H2,33,34,35). The van der Waals surface area contributed by atoms with Crippen LogP contribution < -0.4 is 16.4 Å². The minimum atomic E-state index is -5.03. The number of carbonyl (C=O) groups excluding carboxylic acids is 1. The maximum atomic E-state index is 13.1. The number of nitrogens with zero attached hydrogens (tertiary/aromatic N) is 1. The van der Waals surface area contributed by atoms with E-state index in [2.05, 4.69) is 10.3 Å². The minimum absolute atomic E-state index is 0.0155. The van der Waals surface area contributed by atoms with E-state index in [1.54, 1.807) is 42.6 Å². The highest BCUT2D eigenvalue weighted by atomic mass is 19.4. The van der Waals surface area contributed by atoms with Crippen molar-refractivity contribution < 1.29 is 31.1 Å². The number of halogens is 6. The largest absolute Gasteiger partial charge is 0.416 e. The third-order valence-corrected chi connectivity index (χ3v) is 5.08. The molecule has 11 heteroatoms. The van der Waals surface area contributed by atoms with Gasteiger partial charge in [0.15, 0.2) is 0 Å². The molecule has 1 heterocycles. The lowest BCUT2D eigenvalue weighted by atomic mass is 10.0. The highest BCUT2D eigenvalue weighted by Gasteiger charge is 2.37. The second-order valence-corrected chi connectivity index (χ2v) is 7.56. The Bertz CT molecular complexity index is 1380. The first-order valence-corrected chi connectivity index (χ1v) is 10.0. The van der Waals surface area contributed by atoms with Crippen LogP contribution in [0.1, 0.15) is 11.1 Å². The third-order valence-electron chi connectivity index (χ3n) is 5.08. The highest BCUT2D eigenvalue weighted by molar-refractivity contribution is 6.02. The fourth-order valence-corrected chi connectivity index (χ4v) is 3.54. The molecule has 180 valence electrons. The Hall–Kier alpha value is -4.28. The number of hydrogen-bond acceptors (Lipinski definition) is 3. The zero-order valence-corrected chi connectivity index (χ0v) is 17.6. The highest BCUT2D eigenvalue weighted by Crippen LogP contribution is 2.37. The van der Waals surface area contributed by atoms with Crippen molar-refractivity contribution in [1.29, 1.82) is 0 Å². The Balaban J connectivity index is 1.60. The molecule has 0 bridgehead atoms. The SMILES string of the molecule is Nc1cccc2c(-c3cccc(NC(=O)Nc4cc(C(F)(F)F)cc(C(F)(F)F)c4)c3)ccnc12. The molecule has 0 fully saturated rings. The molecule has 0 aliphatic heterocycles. The van der Waals surface area contributed by atoms with Gasteiger partial charge in [-0.15, -0.1) is 0 Å². The third kappa shape index (κ3) is 5.29. The Morgan fingerprint density at radius 3 is 2.06 bits per heavy atom. The number of aromatic nitrogens is 1. The van der Waals surface area contributed by atoms with Gasteiger partial charge in [0.05, 0.1) is 22.3 Å². The van der Waals surface area contributed by atoms with Crippen molar-refractivity contribution in [3.8, 4) is 11.1 Å². The molecule has 0 aliphatic carbocycles. The molecule has 0 radical (unpaired) electrons. The first-order valence-electron chi connectivity index (χ1n) is 10.0. The average Bonchev–Trinajstić information content (AvgIpc) is 2.78. The maximum absolute atomic E-state index is 13.1. The smallest absolute Gasteiger partial charge is 0.397 e. The molecule has 4 aromatic rings. The van der Waals surface area contributed by atoms with E-state index < -0.39 is 35.2 Å². The van der Waals surface area contributed by atoms with Crippen LogP contribution in [0.2, 0.25) is 0 Å². The van der Waals surface area contributed by atoms with Crippen LogP contribution in [0, 0.1) is 0 Å². The fourth-order valence-electron chi connectivity index (χ4n) is 3.54. The Labute approximate surface area is 194 Å². The summed E-state index contributed by atoms with van der Waals surface area (Å²) in [6, 6.07) is 13.4. The lowest BCUT2D eigenvalue weighted by Gasteiger charge is -2.15. The summed E-state index contributed by atoms with van der Waals surface area (Å²) in [7, 11) is 0. The second-order valence-electron chi connectivity index (χ2n) is 7.56. The summed E-state index contributed by atoms with van der Waals surface area (Å²) in [5, 5.41) is 5.22. The van der Waals surface area contributed by atoms with E-state index in [9.17, 15) is 31.1 Å². The van der Waals surface area contributed by atoms with E-state index in [1.165, 1.54) is 6.07 Å². The predicted molar refractivity (Wildman–Crippen MR) is 121 cm³/mol. The summed E-state index contributed by atoms with van der Waals surface area (Å²) >= 11 is 0. The molecule has 0 saturated heterocycles. The van der Waals surface area contributed by atoms with Gasteiger partial charge < -0.3 is 16.4 Å². The summed E-state index contributed by atoms with van der Waals surface area (Å²) in [5.41, 5.74) is 5.03. The topological polar surface area (TPSA) is 80.0 Å². The molecule has 0 spiro atoms. The van der Waals surface area contributed by atoms with Crippen LogP contribution in [0.4, 0.5) is 48.2 Å². The van der Waals surface area contributed by atoms with Gasteiger partial charge >= 0.3 is 18.4 Å². The van der Waals surface area contributed by atoms with Crippen molar-refractivity contribution >= 4 is 34.0 Å². The lowest BCUT2D eigenvalue weighted by molar-refractivity contribution is -0.143.